The average Bonchev–Trinajstić information content (AvgIpc) is 2.76. The van der Waals surface area contributed by atoms with Crippen LogP contribution in [0.3, 0.4) is 0 Å². The van der Waals surface area contributed by atoms with Crippen LogP contribution in [-0.4, -0.2) is 0 Å². The van der Waals surface area contributed by atoms with Crippen LogP contribution >= 0.6 is 15.9 Å². The van der Waals surface area contributed by atoms with Gasteiger partial charge in [-0.05, 0) is 54.0 Å². The molecule has 0 aliphatic carbocycles. The maximum Gasteiger partial charge on any atom is 0.126 e. The molecule has 1 aromatic heterocycles. The quantitative estimate of drug-likeness (QED) is 0.914. The molecular formula is C14H13BrN2O. The van der Waals surface area contributed by atoms with E-state index < -0.39 is 0 Å². The molecule has 0 spiro atoms. The van der Waals surface area contributed by atoms with Crippen molar-refractivity contribution in [3.05, 3.63) is 51.9 Å². The average molecular weight is 305 g/mol. The van der Waals surface area contributed by atoms with Crippen LogP contribution < -0.4 is 5.32 Å². The minimum atomic E-state index is 0.0140. The predicted molar refractivity (Wildman–Crippen MR) is 74.3 cm³/mol. The molecule has 4 heteroatoms. The number of nitrogens with one attached hydrogen (secondary N) is 1. The summed E-state index contributed by atoms with van der Waals surface area (Å²) < 4.78 is 6.35. The first-order chi connectivity index (χ1) is 8.61. The third-order valence-corrected chi connectivity index (χ3v) is 3.35. The highest BCUT2D eigenvalue weighted by Crippen LogP contribution is 2.27. The van der Waals surface area contributed by atoms with Crippen molar-refractivity contribution in [3.63, 3.8) is 0 Å². The van der Waals surface area contributed by atoms with Gasteiger partial charge in [-0.1, -0.05) is 6.07 Å². The van der Waals surface area contributed by atoms with Gasteiger partial charge >= 0.3 is 0 Å². The molecule has 1 atom stereocenters. The van der Waals surface area contributed by atoms with E-state index in [1.54, 1.807) is 0 Å². The van der Waals surface area contributed by atoms with E-state index in [1.807, 2.05) is 44.2 Å². The predicted octanol–water partition coefficient (Wildman–Crippen LogP) is 4.40. The summed E-state index contributed by atoms with van der Waals surface area (Å²) in [5.74, 6) is 1.74. The molecule has 0 radical (unpaired) electrons. The summed E-state index contributed by atoms with van der Waals surface area (Å²) >= 11 is 3.37. The van der Waals surface area contributed by atoms with Crippen molar-refractivity contribution in [2.75, 3.05) is 5.32 Å². The third-order valence-electron chi connectivity index (χ3n) is 2.69. The first-order valence-corrected chi connectivity index (χ1v) is 6.42. The molecule has 18 heavy (non-hydrogen) atoms. The number of aryl methyl sites for hydroxylation is 1. The molecule has 1 aromatic carbocycles. The molecule has 1 unspecified atom stereocenters. The molecular weight excluding hydrogens is 292 g/mol. The molecule has 1 N–H and O–H groups in total. The molecule has 2 rings (SSSR count). The van der Waals surface area contributed by atoms with Gasteiger partial charge in [0.05, 0.1) is 17.3 Å². The number of benzene rings is 1. The molecule has 0 saturated heterocycles. The van der Waals surface area contributed by atoms with Crippen LogP contribution in [0.25, 0.3) is 0 Å². The summed E-state index contributed by atoms with van der Waals surface area (Å²) in [6, 6.07) is 11.7. The van der Waals surface area contributed by atoms with Gasteiger partial charge in [-0.25, -0.2) is 0 Å². The van der Waals surface area contributed by atoms with E-state index in [0.717, 1.165) is 21.7 Å². The van der Waals surface area contributed by atoms with E-state index in [1.165, 1.54) is 0 Å². The number of hydrogen-bond donors (Lipinski definition) is 1. The Bertz CT molecular complexity index is 598. The zero-order valence-electron chi connectivity index (χ0n) is 10.2. The van der Waals surface area contributed by atoms with Gasteiger partial charge in [0.2, 0.25) is 0 Å². The maximum absolute atomic E-state index is 9.14. The highest BCUT2D eigenvalue weighted by Gasteiger charge is 2.12. The van der Waals surface area contributed by atoms with Crippen LogP contribution in [-0.2, 0) is 0 Å². The van der Waals surface area contributed by atoms with Crippen molar-refractivity contribution in [2.24, 2.45) is 0 Å². The lowest BCUT2D eigenvalue weighted by atomic mass is 10.1. The molecule has 0 amide bonds. The minimum Gasteiger partial charge on any atom is -0.464 e. The molecule has 0 fully saturated rings. The lowest BCUT2D eigenvalue weighted by Gasteiger charge is -2.14. The Hall–Kier alpha value is -1.73. The van der Waals surface area contributed by atoms with E-state index >= 15 is 0 Å². The smallest absolute Gasteiger partial charge is 0.126 e. The van der Waals surface area contributed by atoms with Crippen molar-refractivity contribution in [3.8, 4) is 6.07 Å². The number of nitriles is 1. The van der Waals surface area contributed by atoms with Gasteiger partial charge < -0.3 is 9.73 Å². The van der Waals surface area contributed by atoms with E-state index in [0.29, 0.717) is 5.56 Å². The van der Waals surface area contributed by atoms with Crippen molar-refractivity contribution in [1.82, 2.24) is 0 Å². The zero-order valence-corrected chi connectivity index (χ0v) is 11.8. The Labute approximate surface area is 115 Å². The zero-order chi connectivity index (χ0) is 13.1. The Balaban J connectivity index is 2.25. The van der Waals surface area contributed by atoms with E-state index in [4.69, 9.17) is 9.68 Å². The van der Waals surface area contributed by atoms with Crippen molar-refractivity contribution in [1.29, 1.82) is 5.26 Å². The monoisotopic (exact) mass is 304 g/mol. The summed E-state index contributed by atoms with van der Waals surface area (Å²) in [5.41, 5.74) is 1.40. The van der Waals surface area contributed by atoms with Gasteiger partial charge in [-0.3, -0.25) is 0 Å². The van der Waals surface area contributed by atoms with Gasteiger partial charge in [0.1, 0.15) is 17.6 Å². The van der Waals surface area contributed by atoms with Crippen LogP contribution in [0.2, 0.25) is 0 Å². The number of rotatable bonds is 3. The van der Waals surface area contributed by atoms with E-state index in [2.05, 4.69) is 27.3 Å². The molecule has 2 aromatic rings. The van der Waals surface area contributed by atoms with E-state index in [9.17, 15) is 0 Å². The normalized spacial score (nSPS) is 11.9. The van der Waals surface area contributed by atoms with Crippen LogP contribution in [0, 0.1) is 18.3 Å². The van der Waals surface area contributed by atoms with Gasteiger partial charge in [-0.2, -0.15) is 5.26 Å². The summed E-state index contributed by atoms with van der Waals surface area (Å²) in [6.07, 6.45) is 0. The number of halogens is 1. The number of hydrogen-bond acceptors (Lipinski definition) is 3. The van der Waals surface area contributed by atoms with Crippen molar-refractivity contribution in [2.45, 2.75) is 19.9 Å². The summed E-state index contributed by atoms with van der Waals surface area (Å²) in [5, 5.41) is 12.4. The van der Waals surface area contributed by atoms with Gasteiger partial charge in [0.15, 0.2) is 0 Å². The molecule has 0 bridgehead atoms. The van der Waals surface area contributed by atoms with Crippen LogP contribution in [0.5, 0.6) is 0 Å². The SMILES string of the molecule is Cc1ccc(C(C)Nc2cccc(Br)c2C#N)o1. The maximum atomic E-state index is 9.14. The van der Waals surface area contributed by atoms with Crippen LogP contribution in [0.4, 0.5) is 5.69 Å². The Morgan fingerprint density at radius 1 is 1.33 bits per heavy atom. The summed E-state index contributed by atoms with van der Waals surface area (Å²) in [6.45, 7) is 3.91. The number of furan rings is 1. The fraction of sp³-hybridized carbons (Fsp3) is 0.214. The van der Waals surface area contributed by atoms with Crippen molar-refractivity contribution >= 4 is 21.6 Å². The summed E-state index contributed by atoms with van der Waals surface area (Å²) in [7, 11) is 0. The fourth-order valence-electron chi connectivity index (χ4n) is 1.75. The summed E-state index contributed by atoms with van der Waals surface area (Å²) in [4.78, 5) is 0. The molecule has 0 saturated carbocycles. The molecule has 0 aliphatic rings. The second-order valence-electron chi connectivity index (χ2n) is 4.09. The van der Waals surface area contributed by atoms with E-state index in [-0.39, 0.29) is 6.04 Å². The lowest BCUT2D eigenvalue weighted by Crippen LogP contribution is -2.07. The lowest BCUT2D eigenvalue weighted by molar-refractivity contribution is 0.467. The number of anilines is 1. The molecule has 92 valence electrons. The second kappa shape index (κ2) is 5.28. The van der Waals surface area contributed by atoms with Crippen LogP contribution in [0.15, 0.2) is 39.2 Å². The van der Waals surface area contributed by atoms with Gasteiger partial charge in [-0.15, -0.1) is 0 Å². The highest BCUT2D eigenvalue weighted by molar-refractivity contribution is 9.10. The molecule has 1 heterocycles. The Morgan fingerprint density at radius 2 is 2.11 bits per heavy atom. The topological polar surface area (TPSA) is 49.0 Å². The minimum absolute atomic E-state index is 0.0140. The first-order valence-electron chi connectivity index (χ1n) is 5.63. The first kappa shape index (κ1) is 12.7. The van der Waals surface area contributed by atoms with Crippen LogP contribution in [0.1, 0.15) is 30.0 Å². The number of nitrogens with zero attached hydrogens (tertiary/aromatic N) is 1. The highest BCUT2D eigenvalue weighted by atomic mass is 79.9. The largest absolute Gasteiger partial charge is 0.464 e. The van der Waals surface area contributed by atoms with Gasteiger partial charge in [0.25, 0.3) is 0 Å². The fourth-order valence-corrected chi connectivity index (χ4v) is 2.20. The standard InChI is InChI=1S/C14H13BrN2O/c1-9-6-7-14(18-9)10(2)17-13-5-3-4-12(15)11(13)8-16/h3-7,10,17H,1-2H3. The van der Waals surface area contributed by atoms with Gasteiger partial charge in [0, 0.05) is 4.47 Å². The Morgan fingerprint density at radius 3 is 2.72 bits per heavy atom. The third kappa shape index (κ3) is 2.57. The molecule has 0 aliphatic heterocycles. The molecule has 3 nitrogen and oxygen atoms in total. The second-order valence-corrected chi connectivity index (χ2v) is 4.94. The van der Waals surface area contributed by atoms with Crippen molar-refractivity contribution < 1.29 is 4.42 Å². The Kier molecular flexibility index (Phi) is 3.73.